The highest BCUT2D eigenvalue weighted by atomic mass is 16.5. The van der Waals surface area contributed by atoms with Gasteiger partial charge >= 0.3 is 5.97 Å². The summed E-state index contributed by atoms with van der Waals surface area (Å²) in [6, 6.07) is 10.6. The maximum absolute atomic E-state index is 11.2. The molecule has 0 aliphatic carbocycles. The molecule has 0 aliphatic rings. The maximum Gasteiger partial charge on any atom is 0.339 e. The van der Waals surface area contributed by atoms with Gasteiger partial charge in [-0.2, -0.15) is 0 Å². The zero-order valence-electron chi connectivity index (χ0n) is 10.4. The number of carboxylic acids is 1. The number of aromatic nitrogens is 2. The number of nitrogens with zero attached hydrogens (tertiary/aromatic N) is 2. The van der Waals surface area contributed by atoms with Crippen LogP contribution in [0.3, 0.4) is 0 Å². The number of pyridine rings is 2. The topological polar surface area (TPSA) is 72.3 Å². The highest BCUT2D eigenvalue weighted by Gasteiger charge is 2.13. The van der Waals surface area contributed by atoms with E-state index in [1.807, 2.05) is 24.3 Å². The summed E-state index contributed by atoms with van der Waals surface area (Å²) in [5.74, 6) is -0.303. The van der Waals surface area contributed by atoms with Crippen molar-refractivity contribution in [1.29, 1.82) is 0 Å². The molecular weight excluding hydrogens is 256 g/mol. The fourth-order valence-corrected chi connectivity index (χ4v) is 1.92. The second kappa shape index (κ2) is 4.97. The van der Waals surface area contributed by atoms with Crippen molar-refractivity contribution in [3.05, 3.63) is 60.6 Å². The van der Waals surface area contributed by atoms with Crippen molar-refractivity contribution in [3.63, 3.8) is 0 Å². The smallest absolute Gasteiger partial charge is 0.339 e. The normalized spacial score (nSPS) is 10.4. The summed E-state index contributed by atoms with van der Waals surface area (Å²) in [7, 11) is 0. The summed E-state index contributed by atoms with van der Waals surface area (Å²) in [6.07, 6.45) is 4.42. The number of fused-ring (bicyclic) bond motifs is 1. The predicted molar refractivity (Wildman–Crippen MR) is 73.0 cm³/mol. The number of hydrogen-bond acceptors (Lipinski definition) is 4. The Kier molecular flexibility index (Phi) is 3.01. The Labute approximate surface area is 114 Å². The molecule has 5 nitrogen and oxygen atoms in total. The largest absolute Gasteiger partial charge is 0.478 e. The summed E-state index contributed by atoms with van der Waals surface area (Å²) < 4.78 is 5.70. The van der Waals surface area contributed by atoms with Gasteiger partial charge in [0, 0.05) is 17.8 Å². The van der Waals surface area contributed by atoms with E-state index in [9.17, 15) is 4.79 Å². The molecule has 0 fully saturated rings. The van der Waals surface area contributed by atoms with Crippen molar-refractivity contribution >= 4 is 16.9 Å². The van der Waals surface area contributed by atoms with Gasteiger partial charge < -0.3 is 9.84 Å². The van der Waals surface area contributed by atoms with Crippen LogP contribution < -0.4 is 4.74 Å². The van der Waals surface area contributed by atoms with E-state index in [1.54, 1.807) is 12.3 Å². The number of carbonyl (C=O) groups is 1. The van der Waals surface area contributed by atoms with E-state index in [0.717, 1.165) is 10.9 Å². The molecule has 3 aromatic rings. The molecule has 0 saturated heterocycles. The summed E-state index contributed by atoms with van der Waals surface area (Å²) >= 11 is 0. The van der Waals surface area contributed by atoms with Crippen molar-refractivity contribution in [3.8, 4) is 11.5 Å². The number of para-hydroxylation sites is 1. The van der Waals surface area contributed by atoms with E-state index in [4.69, 9.17) is 9.84 Å². The Morgan fingerprint density at radius 3 is 2.75 bits per heavy atom. The summed E-state index contributed by atoms with van der Waals surface area (Å²) in [5.41, 5.74) is 0.853. The Morgan fingerprint density at radius 1 is 1.05 bits per heavy atom. The molecule has 98 valence electrons. The van der Waals surface area contributed by atoms with E-state index < -0.39 is 5.97 Å². The fourth-order valence-electron chi connectivity index (χ4n) is 1.92. The van der Waals surface area contributed by atoms with Crippen LogP contribution in [0.2, 0.25) is 0 Å². The van der Waals surface area contributed by atoms with E-state index in [2.05, 4.69) is 9.97 Å². The Morgan fingerprint density at radius 2 is 1.90 bits per heavy atom. The second-order valence-electron chi connectivity index (χ2n) is 4.11. The van der Waals surface area contributed by atoms with E-state index in [-0.39, 0.29) is 11.3 Å². The monoisotopic (exact) mass is 266 g/mol. The van der Waals surface area contributed by atoms with Crippen LogP contribution in [0.1, 0.15) is 10.4 Å². The van der Waals surface area contributed by atoms with Crippen LogP contribution in [0.5, 0.6) is 11.5 Å². The lowest BCUT2D eigenvalue weighted by molar-refractivity contribution is 0.0694. The molecule has 0 amide bonds. The van der Waals surface area contributed by atoms with Crippen molar-refractivity contribution in [2.45, 2.75) is 0 Å². The number of benzene rings is 1. The molecule has 1 aromatic carbocycles. The molecule has 5 heteroatoms. The average Bonchev–Trinajstić information content (AvgIpc) is 2.48. The lowest BCUT2D eigenvalue weighted by Crippen LogP contribution is -2.00. The van der Waals surface area contributed by atoms with E-state index in [1.165, 1.54) is 18.5 Å². The Bertz CT molecular complexity index is 781. The van der Waals surface area contributed by atoms with Gasteiger partial charge in [-0.3, -0.25) is 9.97 Å². The predicted octanol–water partition coefficient (Wildman–Crippen LogP) is 3.12. The van der Waals surface area contributed by atoms with Gasteiger partial charge in [-0.25, -0.2) is 4.79 Å². The highest BCUT2D eigenvalue weighted by Crippen LogP contribution is 2.29. The van der Waals surface area contributed by atoms with Gasteiger partial charge in [0.1, 0.15) is 11.3 Å². The second-order valence-corrected chi connectivity index (χ2v) is 4.11. The van der Waals surface area contributed by atoms with Crippen LogP contribution >= 0.6 is 0 Å². The van der Waals surface area contributed by atoms with Gasteiger partial charge in [0.15, 0.2) is 5.75 Å². The molecule has 0 atom stereocenters. The minimum absolute atomic E-state index is 0.0703. The quantitative estimate of drug-likeness (QED) is 0.788. The minimum atomic E-state index is -1.05. The Balaban J connectivity index is 2.08. The molecule has 0 saturated carbocycles. The third-order valence-electron chi connectivity index (χ3n) is 2.84. The zero-order chi connectivity index (χ0) is 13.9. The maximum atomic E-state index is 11.2. The molecule has 0 radical (unpaired) electrons. The van der Waals surface area contributed by atoms with Crippen LogP contribution in [-0.2, 0) is 0 Å². The van der Waals surface area contributed by atoms with Crippen LogP contribution in [0.25, 0.3) is 10.9 Å². The molecule has 20 heavy (non-hydrogen) atoms. The van der Waals surface area contributed by atoms with Crippen molar-refractivity contribution < 1.29 is 14.6 Å². The number of hydrogen-bond donors (Lipinski definition) is 1. The number of rotatable bonds is 3. The number of ether oxygens (including phenoxy) is 1. The molecule has 0 spiro atoms. The summed E-state index contributed by atoms with van der Waals surface area (Å²) in [5, 5.41) is 9.95. The number of aromatic carboxylic acids is 1. The van der Waals surface area contributed by atoms with Crippen molar-refractivity contribution in [2.75, 3.05) is 0 Å². The first kappa shape index (κ1) is 12.1. The van der Waals surface area contributed by atoms with E-state index >= 15 is 0 Å². The van der Waals surface area contributed by atoms with Gasteiger partial charge in [-0.05, 0) is 24.3 Å². The SMILES string of the molecule is O=C(O)c1ccncc1Oc1ccnc2ccccc12. The lowest BCUT2D eigenvalue weighted by atomic mass is 10.2. The number of carboxylic acid groups (broad SMARTS) is 1. The minimum Gasteiger partial charge on any atom is -0.478 e. The first-order valence-corrected chi connectivity index (χ1v) is 5.94. The summed E-state index contributed by atoms with van der Waals surface area (Å²) in [6.45, 7) is 0. The van der Waals surface area contributed by atoms with Crippen LogP contribution in [0, 0.1) is 0 Å². The van der Waals surface area contributed by atoms with Gasteiger partial charge in [0.2, 0.25) is 0 Å². The van der Waals surface area contributed by atoms with Crippen LogP contribution in [-0.4, -0.2) is 21.0 Å². The van der Waals surface area contributed by atoms with Gasteiger partial charge in [-0.15, -0.1) is 0 Å². The summed E-state index contributed by atoms with van der Waals surface area (Å²) in [4.78, 5) is 19.3. The standard InChI is InChI=1S/C15H10N2O3/c18-15(19)11-5-7-16-9-14(11)20-13-6-8-17-12-4-2-1-3-10(12)13/h1-9H,(H,18,19). The van der Waals surface area contributed by atoms with Crippen LogP contribution in [0.4, 0.5) is 0 Å². The molecule has 0 unspecified atom stereocenters. The zero-order valence-corrected chi connectivity index (χ0v) is 10.4. The van der Waals surface area contributed by atoms with Crippen molar-refractivity contribution in [2.24, 2.45) is 0 Å². The fraction of sp³-hybridized carbons (Fsp3) is 0. The molecule has 0 bridgehead atoms. The third-order valence-corrected chi connectivity index (χ3v) is 2.84. The third kappa shape index (κ3) is 2.16. The molecule has 3 rings (SSSR count). The first-order valence-electron chi connectivity index (χ1n) is 5.94. The average molecular weight is 266 g/mol. The first-order chi connectivity index (χ1) is 9.75. The molecule has 2 heterocycles. The van der Waals surface area contributed by atoms with Gasteiger partial charge in [-0.1, -0.05) is 12.1 Å². The lowest BCUT2D eigenvalue weighted by Gasteiger charge is -2.09. The molecule has 0 aliphatic heterocycles. The van der Waals surface area contributed by atoms with Gasteiger partial charge in [0.05, 0.1) is 11.7 Å². The molecule has 2 aromatic heterocycles. The highest BCUT2D eigenvalue weighted by molar-refractivity contribution is 5.91. The molecular formula is C15H10N2O3. The molecule has 1 N–H and O–H groups in total. The van der Waals surface area contributed by atoms with Gasteiger partial charge in [0.25, 0.3) is 0 Å². The Hall–Kier alpha value is -2.95. The van der Waals surface area contributed by atoms with Crippen LogP contribution in [0.15, 0.2) is 55.0 Å². The van der Waals surface area contributed by atoms with Crippen molar-refractivity contribution in [1.82, 2.24) is 9.97 Å². The van der Waals surface area contributed by atoms with E-state index in [0.29, 0.717) is 5.75 Å².